The van der Waals surface area contributed by atoms with E-state index in [9.17, 15) is 39.4 Å². The molecule has 1 aliphatic carbocycles. The van der Waals surface area contributed by atoms with Crippen LogP contribution in [0.1, 0.15) is 169 Å². The Kier molecular flexibility index (Phi) is 17.7. The van der Waals surface area contributed by atoms with E-state index in [-0.39, 0.29) is 11.1 Å². The van der Waals surface area contributed by atoms with Crippen LogP contribution in [0.4, 0.5) is 11.4 Å². The van der Waals surface area contributed by atoms with Crippen molar-refractivity contribution in [2.75, 3.05) is 13.2 Å². The molecular weight excluding hydrogens is 797 g/mol. The highest BCUT2D eigenvalue weighted by Gasteiger charge is 2.44. The molecule has 5 rings (SSSR count). The zero-order valence-electron chi connectivity index (χ0n) is 35.4. The van der Waals surface area contributed by atoms with Crippen molar-refractivity contribution in [3.8, 4) is 23.0 Å². The van der Waals surface area contributed by atoms with E-state index in [1.54, 1.807) is 24.3 Å². The minimum absolute atomic E-state index is 0.0368. The van der Waals surface area contributed by atoms with Crippen molar-refractivity contribution in [1.29, 1.82) is 0 Å². The zero-order chi connectivity index (χ0) is 44.4. The zero-order valence-corrected chi connectivity index (χ0v) is 35.4. The molecule has 0 saturated heterocycles. The van der Waals surface area contributed by atoms with E-state index in [1.165, 1.54) is 88.5 Å². The van der Waals surface area contributed by atoms with Crippen LogP contribution in [0, 0.1) is 20.2 Å². The number of ketones is 2. The van der Waals surface area contributed by atoms with Gasteiger partial charge in [-0.15, -0.1) is 0 Å². The van der Waals surface area contributed by atoms with Crippen molar-refractivity contribution in [1.82, 2.24) is 0 Å². The fourth-order valence-electron chi connectivity index (χ4n) is 7.32. The number of benzene rings is 4. The van der Waals surface area contributed by atoms with Crippen LogP contribution in [0.2, 0.25) is 0 Å². The van der Waals surface area contributed by atoms with Gasteiger partial charge in [-0.1, -0.05) is 104 Å². The number of rotatable bonds is 26. The van der Waals surface area contributed by atoms with E-state index in [1.807, 2.05) is 0 Å². The summed E-state index contributed by atoms with van der Waals surface area (Å²) in [5.74, 6) is -4.39. The van der Waals surface area contributed by atoms with E-state index >= 15 is 0 Å². The number of esters is 2. The van der Waals surface area contributed by atoms with E-state index in [0.717, 1.165) is 62.8 Å². The van der Waals surface area contributed by atoms with Crippen LogP contribution in [0.25, 0.3) is 0 Å². The molecule has 0 atom stereocenters. The standard InChI is InChI=1S/C48H54N2O12/c1-3-5-7-9-11-13-15-17-31-59-35-23-19-33(20-24-35)47(53)61-39-29-27-37(49(55)56)41-43(39)45(51)42-38(50(57)58)28-30-40(44(42)46(41)52)62-48(54)34-21-25-36(26-22-34)60-32-18-16-14-12-10-8-6-4-2/h19-30H,3-18,31-32H2,1-2H3. The number of ether oxygens (including phenoxy) is 4. The quantitative estimate of drug-likeness (QED) is 0.0168. The topological polar surface area (TPSA) is 191 Å². The third-order valence-electron chi connectivity index (χ3n) is 10.7. The van der Waals surface area contributed by atoms with E-state index in [0.29, 0.717) is 24.7 Å². The van der Waals surface area contributed by atoms with Crippen molar-refractivity contribution in [2.45, 2.75) is 117 Å². The third kappa shape index (κ3) is 12.3. The third-order valence-corrected chi connectivity index (χ3v) is 10.7. The number of hydrogen-bond donors (Lipinski definition) is 0. The molecule has 1 aliphatic rings. The number of nitro groups is 2. The first-order valence-corrected chi connectivity index (χ1v) is 21.7. The molecule has 0 unspecified atom stereocenters. The highest BCUT2D eigenvalue weighted by atomic mass is 16.6. The Bertz CT molecular complexity index is 2060. The maximum Gasteiger partial charge on any atom is 0.343 e. The second-order valence-electron chi connectivity index (χ2n) is 15.3. The van der Waals surface area contributed by atoms with Gasteiger partial charge in [-0.2, -0.15) is 0 Å². The second-order valence-corrected chi connectivity index (χ2v) is 15.3. The molecule has 0 radical (unpaired) electrons. The average molecular weight is 851 g/mol. The van der Waals surface area contributed by atoms with Crippen molar-refractivity contribution in [3.63, 3.8) is 0 Å². The number of unbranched alkanes of at least 4 members (excludes halogenated alkanes) is 14. The fourth-order valence-corrected chi connectivity index (χ4v) is 7.32. The summed E-state index contributed by atoms with van der Waals surface area (Å²) in [6.45, 7) is 5.38. The SMILES string of the molecule is CCCCCCCCCCOc1ccc(C(=O)Oc2ccc([N+](=O)[O-])c3c2C(=O)c2c([N+](=O)[O-])ccc(OC(=O)c4ccc(OCCCCCCCCCC)cc4)c2C3=O)cc1. The van der Waals surface area contributed by atoms with Crippen LogP contribution >= 0.6 is 0 Å². The van der Waals surface area contributed by atoms with Gasteiger partial charge in [-0.25, -0.2) is 9.59 Å². The Hall–Kier alpha value is -6.44. The van der Waals surface area contributed by atoms with E-state index < -0.39 is 78.5 Å². The lowest BCUT2D eigenvalue weighted by Gasteiger charge is -2.21. The van der Waals surface area contributed by atoms with Crippen molar-refractivity contribution >= 4 is 34.9 Å². The van der Waals surface area contributed by atoms with Crippen LogP contribution in [0.15, 0.2) is 72.8 Å². The first kappa shape index (κ1) is 46.6. The number of nitro benzene ring substituents is 2. The van der Waals surface area contributed by atoms with Gasteiger partial charge in [0, 0.05) is 12.1 Å². The molecule has 0 fully saturated rings. The second kappa shape index (κ2) is 23.5. The first-order valence-electron chi connectivity index (χ1n) is 21.7. The summed E-state index contributed by atoms with van der Waals surface area (Å²) in [6, 6.07) is 15.8. The molecule has 4 aromatic carbocycles. The smallest absolute Gasteiger partial charge is 0.343 e. The molecule has 0 aromatic heterocycles. The molecule has 0 spiro atoms. The monoisotopic (exact) mass is 850 g/mol. The van der Waals surface area contributed by atoms with Crippen LogP contribution in [0.5, 0.6) is 23.0 Å². The lowest BCUT2D eigenvalue weighted by atomic mass is 9.81. The van der Waals surface area contributed by atoms with Crippen LogP contribution in [0.3, 0.4) is 0 Å². The van der Waals surface area contributed by atoms with Gasteiger partial charge >= 0.3 is 11.9 Å². The predicted molar refractivity (Wildman–Crippen MR) is 232 cm³/mol. The van der Waals surface area contributed by atoms with E-state index in [2.05, 4.69) is 13.8 Å². The summed E-state index contributed by atoms with van der Waals surface area (Å²) in [7, 11) is 0. The van der Waals surface area contributed by atoms with Gasteiger partial charge in [-0.05, 0) is 73.5 Å². The number of hydrogen-bond acceptors (Lipinski definition) is 12. The minimum atomic E-state index is -1.21. The highest BCUT2D eigenvalue weighted by molar-refractivity contribution is 6.33. The molecule has 4 aromatic rings. The lowest BCUT2D eigenvalue weighted by Crippen LogP contribution is -2.26. The van der Waals surface area contributed by atoms with Gasteiger partial charge in [-0.3, -0.25) is 29.8 Å². The van der Waals surface area contributed by atoms with Crippen molar-refractivity contribution in [2.24, 2.45) is 0 Å². The maximum atomic E-state index is 14.3. The Morgan fingerprint density at radius 3 is 1.10 bits per heavy atom. The van der Waals surface area contributed by atoms with E-state index in [4.69, 9.17) is 18.9 Å². The molecule has 0 aliphatic heterocycles. The summed E-state index contributed by atoms with van der Waals surface area (Å²) in [6.07, 6.45) is 18.4. The van der Waals surface area contributed by atoms with Gasteiger partial charge in [0.25, 0.3) is 11.4 Å². The number of fused-ring (bicyclic) bond motifs is 2. The molecule has 14 heteroatoms. The number of carbonyl (C=O) groups is 4. The number of carbonyl (C=O) groups excluding carboxylic acids is 4. The highest BCUT2D eigenvalue weighted by Crippen LogP contribution is 2.44. The van der Waals surface area contributed by atoms with Crippen molar-refractivity contribution in [3.05, 3.63) is 126 Å². The lowest BCUT2D eigenvalue weighted by molar-refractivity contribution is -0.385. The van der Waals surface area contributed by atoms with Gasteiger partial charge in [0.1, 0.15) is 34.1 Å². The summed E-state index contributed by atoms with van der Waals surface area (Å²) < 4.78 is 22.7. The summed E-state index contributed by atoms with van der Waals surface area (Å²) in [5, 5.41) is 24.4. The van der Waals surface area contributed by atoms with Gasteiger partial charge in [0.2, 0.25) is 11.6 Å². The Balaban J connectivity index is 1.29. The normalized spacial score (nSPS) is 11.7. The van der Waals surface area contributed by atoms with Gasteiger partial charge < -0.3 is 18.9 Å². The molecule has 328 valence electrons. The molecule has 0 heterocycles. The minimum Gasteiger partial charge on any atom is -0.494 e. The molecule has 0 saturated carbocycles. The van der Waals surface area contributed by atoms with Crippen LogP contribution < -0.4 is 18.9 Å². The average Bonchev–Trinajstić information content (AvgIpc) is 3.27. The first-order chi connectivity index (χ1) is 30.0. The van der Waals surface area contributed by atoms with Crippen LogP contribution in [-0.2, 0) is 0 Å². The summed E-state index contributed by atoms with van der Waals surface area (Å²) in [5.41, 5.74) is -4.57. The largest absolute Gasteiger partial charge is 0.494 e. The molecule has 62 heavy (non-hydrogen) atoms. The van der Waals surface area contributed by atoms with Gasteiger partial charge in [0.05, 0.1) is 45.3 Å². The summed E-state index contributed by atoms with van der Waals surface area (Å²) >= 11 is 0. The molecule has 0 bridgehead atoms. The fraction of sp³-hybridized carbons (Fsp3) is 0.417. The Labute approximate surface area is 361 Å². The molecule has 0 amide bonds. The molecule has 0 N–H and O–H groups in total. The predicted octanol–water partition coefficient (Wildman–Crippen LogP) is 11.8. The molecular formula is C48H54N2O12. The number of nitrogens with zero attached hydrogens (tertiary/aromatic N) is 2. The van der Waals surface area contributed by atoms with Crippen LogP contribution in [-0.4, -0.2) is 46.6 Å². The summed E-state index contributed by atoms with van der Waals surface area (Å²) in [4.78, 5) is 77.9. The van der Waals surface area contributed by atoms with Gasteiger partial charge in [0.15, 0.2) is 0 Å². The molecule has 14 nitrogen and oxygen atoms in total. The maximum absolute atomic E-state index is 14.3. The Morgan fingerprint density at radius 1 is 0.452 bits per heavy atom. The van der Waals surface area contributed by atoms with Crippen molar-refractivity contribution < 1.29 is 48.0 Å². The Morgan fingerprint density at radius 2 is 0.774 bits per heavy atom.